The van der Waals surface area contributed by atoms with Crippen LogP contribution in [-0.2, 0) is 4.79 Å². The maximum Gasteiger partial charge on any atom is 0.290 e. The molecule has 1 N–H and O–H groups in total. The summed E-state index contributed by atoms with van der Waals surface area (Å²) < 4.78 is 5.67. The third-order valence-electron chi connectivity index (χ3n) is 6.25. The lowest BCUT2D eigenvalue weighted by Gasteiger charge is -2.31. The smallest absolute Gasteiger partial charge is 0.290 e. The number of carbonyl (C=O) groups is 2. The first kappa shape index (κ1) is 23.4. The molecule has 33 heavy (non-hydrogen) atoms. The number of piperidine rings is 1. The van der Waals surface area contributed by atoms with Gasteiger partial charge in [-0.3, -0.25) is 9.59 Å². The van der Waals surface area contributed by atoms with Crippen molar-refractivity contribution in [2.24, 2.45) is 0 Å². The van der Waals surface area contributed by atoms with Crippen molar-refractivity contribution in [3.63, 3.8) is 0 Å². The molecule has 7 nitrogen and oxygen atoms in total. The van der Waals surface area contributed by atoms with Crippen molar-refractivity contribution < 1.29 is 19.4 Å². The zero-order chi connectivity index (χ0) is 23.5. The minimum absolute atomic E-state index is 0.124. The van der Waals surface area contributed by atoms with E-state index in [2.05, 4.69) is 9.88 Å². The van der Waals surface area contributed by atoms with E-state index in [0.717, 1.165) is 36.5 Å². The largest absolute Gasteiger partial charge is 0.503 e. The number of Topliss-reactive ketones (excluding diaryl/α,β-unsaturated/α-hetero) is 1. The van der Waals surface area contributed by atoms with Crippen LogP contribution in [-0.4, -0.2) is 64.4 Å². The van der Waals surface area contributed by atoms with Crippen LogP contribution in [0.1, 0.15) is 58.2 Å². The fourth-order valence-electron chi connectivity index (χ4n) is 4.70. The van der Waals surface area contributed by atoms with Crippen molar-refractivity contribution >= 4 is 23.0 Å². The average Bonchev–Trinajstić information content (AvgIpc) is 3.28. The van der Waals surface area contributed by atoms with Crippen LogP contribution in [0.15, 0.2) is 35.6 Å². The van der Waals surface area contributed by atoms with Crippen molar-refractivity contribution in [3.05, 3.63) is 56.7 Å². The molecule has 0 spiro atoms. The number of likely N-dealkylation sites (tertiary alicyclic amines) is 1. The van der Waals surface area contributed by atoms with Crippen LogP contribution in [0.5, 0.6) is 5.75 Å². The Balaban J connectivity index is 1.71. The van der Waals surface area contributed by atoms with E-state index in [-0.39, 0.29) is 11.4 Å². The first-order valence-corrected chi connectivity index (χ1v) is 12.4. The molecule has 0 saturated carbocycles. The number of thiazole rings is 1. The number of ether oxygens (including phenoxy) is 1. The number of amides is 1. The van der Waals surface area contributed by atoms with Gasteiger partial charge in [0.05, 0.1) is 33.8 Å². The van der Waals surface area contributed by atoms with Gasteiger partial charge in [-0.1, -0.05) is 18.6 Å². The zero-order valence-corrected chi connectivity index (χ0v) is 20.3. The van der Waals surface area contributed by atoms with Crippen LogP contribution >= 0.6 is 11.3 Å². The SMILES string of the molecule is CCOc1cccc(C2C(C(=O)c3sc(C)nc3C)=C(O)C(=O)N2CCN2CCCCC2)c1. The quantitative estimate of drug-likeness (QED) is 0.583. The van der Waals surface area contributed by atoms with Gasteiger partial charge in [-0.2, -0.15) is 0 Å². The van der Waals surface area contributed by atoms with Gasteiger partial charge in [0.15, 0.2) is 5.76 Å². The molecule has 2 aliphatic rings. The maximum atomic E-state index is 13.6. The summed E-state index contributed by atoms with van der Waals surface area (Å²) in [5, 5.41) is 11.7. The molecule has 1 amide bonds. The van der Waals surface area contributed by atoms with E-state index in [1.807, 2.05) is 38.1 Å². The molecule has 176 valence electrons. The van der Waals surface area contributed by atoms with E-state index in [1.165, 1.54) is 17.8 Å². The average molecular weight is 470 g/mol. The van der Waals surface area contributed by atoms with Crippen molar-refractivity contribution in [3.8, 4) is 5.75 Å². The minimum atomic E-state index is -0.669. The molecule has 1 unspecified atom stereocenters. The molecule has 0 radical (unpaired) electrons. The fourth-order valence-corrected chi connectivity index (χ4v) is 5.57. The molecule has 0 aliphatic carbocycles. The second kappa shape index (κ2) is 10.1. The Morgan fingerprint density at radius 3 is 2.64 bits per heavy atom. The predicted octanol–water partition coefficient (Wildman–Crippen LogP) is 4.22. The molecule has 2 aromatic rings. The van der Waals surface area contributed by atoms with Crippen molar-refractivity contribution in [2.45, 2.75) is 46.1 Å². The Kier molecular flexibility index (Phi) is 7.14. The lowest BCUT2D eigenvalue weighted by atomic mass is 9.95. The summed E-state index contributed by atoms with van der Waals surface area (Å²) in [6.07, 6.45) is 3.55. The van der Waals surface area contributed by atoms with Gasteiger partial charge in [-0.05, 0) is 64.4 Å². The lowest BCUT2D eigenvalue weighted by Crippen LogP contribution is -2.40. The minimum Gasteiger partial charge on any atom is -0.503 e. The number of nitrogens with zero attached hydrogens (tertiary/aromatic N) is 3. The third-order valence-corrected chi connectivity index (χ3v) is 7.32. The second-order valence-corrected chi connectivity index (χ2v) is 9.75. The van der Waals surface area contributed by atoms with Gasteiger partial charge in [0.2, 0.25) is 5.78 Å². The van der Waals surface area contributed by atoms with Gasteiger partial charge in [0.1, 0.15) is 5.75 Å². The molecule has 1 aromatic carbocycles. The van der Waals surface area contributed by atoms with Crippen LogP contribution < -0.4 is 4.74 Å². The zero-order valence-electron chi connectivity index (χ0n) is 19.5. The summed E-state index contributed by atoms with van der Waals surface area (Å²) in [6, 6.07) is 6.77. The topological polar surface area (TPSA) is 83.0 Å². The molecule has 2 aliphatic heterocycles. The molecule has 1 atom stereocenters. The Hall–Kier alpha value is -2.71. The normalized spacial score (nSPS) is 19.4. The number of hydrogen-bond donors (Lipinski definition) is 1. The first-order chi connectivity index (χ1) is 15.9. The number of carbonyl (C=O) groups excluding carboxylic acids is 2. The standard InChI is InChI=1S/C25H31N3O4S/c1-4-32-19-10-8-9-18(15-19)21-20(22(29)24-16(2)26-17(3)33-24)23(30)25(31)28(21)14-13-27-11-6-5-7-12-27/h8-10,15,21,30H,4-7,11-14H2,1-3H3. The number of aliphatic hydroxyl groups excluding tert-OH is 1. The first-order valence-electron chi connectivity index (χ1n) is 11.6. The Morgan fingerprint density at radius 1 is 1.21 bits per heavy atom. The van der Waals surface area contributed by atoms with E-state index >= 15 is 0 Å². The molecule has 1 aromatic heterocycles. The molecule has 3 heterocycles. The van der Waals surface area contributed by atoms with E-state index < -0.39 is 17.7 Å². The summed E-state index contributed by atoms with van der Waals surface area (Å²) in [6.45, 7) is 9.21. The molecule has 1 saturated heterocycles. The highest BCUT2D eigenvalue weighted by Crippen LogP contribution is 2.40. The van der Waals surface area contributed by atoms with Gasteiger partial charge in [-0.25, -0.2) is 4.98 Å². The van der Waals surface area contributed by atoms with Crippen LogP contribution in [0.4, 0.5) is 0 Å². The van der Waals surface area contributed by atoms with Gasteiger partial charge in [0.25, 0.3) is 5.91 Å². The number of aromatic nitrogens is 1. The molecule has 1 fully saturated rings. The van der Waals surface area contributed by atoms with E-state index in [1.54, 1.807) is 11.8 Å². The van der Waals surface area contributed by atoms with Crippen molar-refractivity contribution in [2.75, 3.05) is 32.8 Å². The van der Waals surface area contributed by atoms with Crippen LogP contribution in [0.3, 0.4) is 0 Å². The van der Waals surface area contributed by atoms with Gasteiger partial charge in [-0.15, -0.1) is 11.3 Å². The molecule has 0 bridgehead atoms. The van der Waals surface area contributed by atoms with Crippen molar-refractivity contribution in [1.82, 2.24) is 14.8 Å². The molecular formula is C25H31N3O4S. The highest BCUT2D eigenvalue weighted by atomic mass is 32.1. The Labute approximate surface area is 198 Å². The fraction of sp³-hybridized carbons (Fsp3) is 0.480. The van der Waals surface area contributed by atoms with Crippen LogP contribution in [0.2, 0.25) is 0 Å². The molecule has 4 rings (SSSR count). The van der Waals surface area contributed by atoms with Crippen molar-refractivity contribution in [1.29, 1.82) is 0 Å². The van der Waals surface area contributed by atoms with E-state index in [4.69, 9.17) is 4.74 Å². The predicted molar refractivity (Wildman–Crippen MR) is 128 cm³/mol. The summed E-state index contributed by atoms with van der Waals surface area (Å²) in [4.78, 5) is 35.6. The summed E-state index contributed by atoms with van der Waals surface area (Å²) in [5.74, 6) is -0.630. The maximum absolute atomic E-state index is 13.6. The van der Waals surface area contributed by atoms with E-state index in [0.29, 0.717) is 36.0 Å². The highest BCUT2D eigenvalue weighted by molar-refractivity contribution is 7.14. The Morgan fingerprint density at radius 2 is 1.97 bits per heavy atom. The second-order valence-electron chi connectivity index (χ2n) is 8.55. The highest BCUT2D eigenvalue weighted by Gasteiger charge is 2.44. The monoisotopic (exact) mass is 469 g/mol. The van der Waals surface area contributed by atoms with Gasteiger partial charge < -0.3 is 19.6 Å². The summed E-state index contributed by atoms with van der Waals surface area (Å²) in [5.41, 5.74) is 1.49. The van der Waals surface area contributed by atoms with Crippen LogP contribution in [0, 0.1) is 13.8 Å². The number of aliphatic hydroxyl groups is 1. The lowest BCUT2D eigenvalue weighted by molar-refractivity contribution is -0.129. The third kappa shape index (κ3) is 4.82. The van der Waals surface area contributed by atoms with Gasteiger partial charge >= 0.3 is 0 Å². The van der Waals surface area contributed by atoms with E-state index in [9.17, 15) is 14.7 Å². The Bertz CT molecular complexity index is 1070. The summed E-state index contributed by atoms with van der Waals surface area (Å²) >= 11 is 1.29. The summed E-state index contributed by atoms with van der Waals surface area (Å²) in [7, 11) is 0. The number of hydrogen-bond acceptors (Lipinski definition) is 7. The van der Waals surface area contributed by atoms with Gasteiger partial charge in [0, 0.05) is 13.1 Å². The number of rotatable bonds is 8. The van der Waals surface area contributed by atoms with Crippen LogP contribution in [0.25, 0.3) is 0 Å². The molecule has 8 heteroatoms. The number of benzene rings is 1. The number of aryl methyl sites for hydroxylation is 2. The molecular weight excluding hydrogens is 438 g/mol. The number of ketones is 1.